The lowest BCUT2D eigenvalue weighted by atomic mass is 9.83. The van der Waals surface area contributed by atoms with Crippen molar-refractivity contribution >= 4 is 0 Å². The molecule has 0 aliphatic rings. The van der Waals surface area contributed by atoms with E-state index in [1.165, 1.54) is 0 Å². The van der Waals surface area contributed by atoms with Gasteiger partial charge in [-0.1, -0.05) is 13.3 Å². The molecule has 3 unspecified atom stereocenters. The lowest BCUT2D eigenvalue weighted by Gasteiger charge is -2.33. The fraction of sp³-hybridized carbons (Fsp3) is 0.900. The Bertz CT molecular complexity index is 184. The van der Waals surface area contributed by atoms with Gasteiger partial charge in [0.05, 0.1) is 18.1 Å². The summed E-state index contributed by atoms with van der Waals surface area (Å²) in [5.74, 6) is -0.354. The van der Waals surface area contributed by atoms with Gasteiger partial charge in [0, 0.05) is 7.11 Å². The first kappa shape index (κ1) is 12.4. The van der Waals surface area contributed by atoms with Crippen molar-refractivity contribution in [2.24, 2.45) is 5.92 Å². The number of aliphatic hydroxyl groups is 1. The molecule has 76 valence electrons. The Morgan fingerprint density at radius 1 is 1.62 bits per heavy atom. The highest BCUT2D eigenvalue weighted by Gasteiger charge is 2.37. The van der Waals surface area contributed by atoms with Crippen LogP contribution in [-0.2, 0) is 4.74 Å². The van der Waals surface area contributed by atoms with Gasteiger partial charge >= 0.3 is 0 Å². The Labute approximate surface area is 80.3 Å². The maximum atomic E-state index is 10.0. The zero-order chi connectivity index (χ0) is 10.5. The van der Waals surface area contributed by atoms with E-state index in [1.54, 1.807) is 21.0 Å². The maximum Gasteiger partial charge on any atom is 0.103 e. The van der Waals surface area contributed by atoms with E-state index in [2.05, 4.69) is 6.07 Å². The normalized spacial score (nSPS) is 20.0. The molecular weight excluding hydrogens is 166 g/mol. The minimum absolute atomic E-state index is 0.316. The summed E-state index contributed by atoms with van der Waals surface area (Å²) in [5, 5.41) is 18.9. The molecule has 0 rings (SSSR count). The number of hydrogen-bond donors (Lipinski definition) is 1. The Hall–Kier alpha value is -0.590. The van der Waals surface area contributed by atoms with Crippen LogP contribution in [0.1, 0.15) is 33.6 Å². The molecule has 0 fully saturated rings. The van der Waals surface area contributed by atoms with Gasteiger partial charge in [-0.25, -0.2) is 0 Å². The highest BCUT2D eigenvalue weighted by atomic mass is 16.5. The van der Waals surface area contributed by atoms with Crippen molar-refractivity contribution in [3.63, 3.8) is 0 Å². The Kier molecular flexibility index (Phi) is 4.97. The first-order valence-electron chi connectivity index (χ1n) is 4.65. The van der Waals surface area contributed by atoms with Crippen LogP contribution < -0.4 is 0 Å². The van der Waals surface area contributed by atoms with Crippen LogP contribution in [0.5, 0.6) is 0 Å². The van der Waals surface area contributed by atoms with Crippen molar-refractivity contribution < 1.29 is 9.84 Å². The molecule has 0 radical (unpaired) electrons. The third-order valence-electron chi connectivity index (χ3n) is 2.62. The molecule has 0 bridgehead atoms. The van der Waals surface area contributed by atoms with Crippen LogP contribution in [0.2, 0.25) is 0 Å². The molecular formula is C10H19NO2. The molecule has 0 aromatic carbocycles. The minimum atomic E-state index is -1.06. The summed E-state index contributed by atoms with van der Waals surface area (Å²) in [6.07, 6.45) is 1.28. The maximum absolute atomic E-state index is 10.0. The largest absolute Gasteiger partial charge is 0.386 e. The lowest BCUT2D eigenvalue weighted by Crippen LogP contribution is -2.45. The molecule has 13 heavy (non-hydrogen) atoms. The lowest BCUT2D eigenvalue weighted by molar-refractivity contribution is -0.0968. The molecule has 3 nitrogen and oxygen atoms in total. The highest BCUT2D eigenvalue weighted by molar-refractivity contribution is 4.99. The van der Waals surface area contributed by atoms with Crippen LogP contribution in [0.3, 0.4) is 0 Å². The van der Waals surface area contributed by atoms with Crippen LogP contribution in [0.15, 0.2) is 0 Å². The van der Waals surface area contributed by atoms with Gasteiger partial charge in [-0.3, -0.25) is 0 Å². The topological polar surface area (TPSA) is 53.2 Å². The van der Waals surface area contributed by atoms with Crippen molar-refractivity contribution in [3.05, 3.63) is 0 Å². The summed E-state index contributed by atoms with van der Waals surface area (Å²) in [5.41, 5.74) is -1.06. The van der Waals surface area contributed by atoms with Crippen LogP contribution in [0, 0.1) is 17.2 Å². The van der Waals surface area contributed by atoms with Crippen molar-refractivity contribution in [2.75, 3.05) is 7.11 Å². The van der Waals surface area contributed by atoms with Gasteiger partial charge in [0.25, 0.3) is 0 Å². The zero-order valence-electron chi connectivity index (χ0n) is 8.87. The van der Waals surface area contributed by atoms with Crippen LogP contribution >= 0.6 is 0 Å². The van der Waals surface area contributed by atoms with Crippen molar-refractivity contribution in [3.8, 4) is 6.07 Å². The number of nitrogens with zero attached hydrogens (tertiary/aromatic N) is 1. The Balaban J connectivity index is 4.48. The number of rotatable bonds is 5. The smallest absolute Gasteiger partial charge is 0.103 e. The number of hydrogen-bond acceptors (Lipinski definition) is 3. The third kappa shape index (κ3) is 2.98. The molecule has 3 atom stereocenters. The zero-order valence-corrected chi connectivity index (χ0v) is 8.87. The number of nitriles is 1. The summed E-state index contributed by atoms with van der Waals surface area (Å²) in [4.78, 5) is 0. The molecule has 1 N–H and O–H groups in total. The van der Waals surface area contributed by atoms with Crippen molar-refractivity contribution in [2.45, 2.75) is 45.3 Å². The molecule has 0 saturated carbocycles. The van der Waals surface area contributed by atoms with E-state index in [0.717, 1.165) is 6.42 Å². The van der Waals surface area contributed by atoms with Crippen LogP contribution in [0.4, 0.5) is 0 Å². The average molecular weight is 185 g/mol. The van der Waals surface area contributed by atoms with Gasteiger partial charge in [-0.15, -0.1) is 0 Å². The predicted octanol–water partition coefficient (Wildman–Crippen LogP) is 1.71. The van der Waals surface area contributed by atoms with E-state index in [1.807, 2.05) is 6.92 Å². The van der Waals surface area contributed by atoms with E-state index in [4.69, 9.17) is 10.00 Å². The molecule has 0 amide bonds. The first-order chi connectivity index (χ1) is 6.00. The van der Waals surface area contributed by atoms with Gasteiger partial charge in [-0.05, 0) is 20.3 Å². The SMILES string of the molecule is CCCC(C#N)C(C)(O)C(C)OC. The Morgan fingerprint density at radius 3 is 2.46 bits per heavy atom. The molecule has 0 aromatic heterocycles. The summed E-state index contributed by atoms with van der Waals surface area (Å²) < 4.78 is 5.04. The molecule has 0 aliphatic heterocycles. The fourth-order valence-corrected chi connectivity index (χ4v) is 1.30. The number of methoxy groups -OCH3 is 1. The molecule has 0 spiro atoms. The Morgan fingerprint density at radius 2 is 2.15 bits per heavy atom. The predicted molar refractivity (Wildman–Crippen MR) is 51.1 cm³/mol. The van der Waals surface area contributed by atoms with Crippen LogP contribution in [-0.4, -0.2) is 23.9 Å². The van der Waals surface area contributed by atoms with Crippen molar-refractivity contribution in [1.82, 2.24) is 0 Å². The second-order valence-corrected chi connectivity index (χ2v) is 3.57. The quantitative estimate of drug-likeness (QED) is 0.709. The second-order valence-electron chi connectivity index (χ2n) is 3.57. The summed E-state index contributed by atoms with van der Waals surface area (Å²) in [6, 6.07) is 2.13. The second kappa shape index (κ2) is 5.21. The van der Waals surface area contributed by atoms with E-state index >= 15 is 0 Å². The van der Waals surface area contributed by atoms with Crippen molar-refractivity contribution in [1.29, 1.82) is 5.26 Å². The summed E-state index contributed by atoms with van der Waals surface area (Å²) >= 11 is 0. The van der Waals surface area contributed by atoms with E-state index < -0.39 is 5.60 Å². The standard InChI is InChI=1S/C10H19NO2/c1-5-6-9(7-11)10(3,12)8(2)13-4/h8-9,12H,5-6H2,1-4H3. The van der Waals surface area contributed by atoms with Crippen LogP contribution in [0.25, 0.3) is 0 Å². The molecule has 0 aromatic rings. The van der Waals surface area contributed by atoms with Gasteiger partial charge in [0.2, 0.25) is 0 Å². The summed E-state index contributed by atoms with van der Waals surface area (Å²) in [7, 11) is 1.54. The van der Waals surface area contributed by atoms with E-state index in [9.17, 15) is 5.11 Å². The average Bonchev–Trinajstić information content (AvgIpc) is 2.12. The highest BCUT2D eigenvalue weighted by Crippen LogP contribution is 2.26. The summed E-state index contributed by atoms with van der Waals surface area (Å²) in [6.45, 7) is 5.43. The van der Waals surface area contributed by atoms with E-state index in [0.29, 0.717) is 6.42 Å². The van der Waals surface area contributed by atoms with Gasteiger partial charge in [0.15, 0.2) is 0 Å². The van der Waals surface area contributed by atoms with Gasteiger partial charge in [0.1, 0.15) is 5.60 Å². The fourth-order valence-electron chi connectivity index (χ4n) is 1.30. The third-order valence-corrected chi connectivity index (χ3v) is 2.62. The number of ether oxygens (including phenoxy) is 1. The minimum Gasteiger partial charge on any atom is -0.386 e. The monoisotopic (exact) mass is 185 g/mol. The molecule has 0 heterocycles. The molecule has 0 saturated heterocycles. The van der Waals surface area contributed by atoms with E-state index in [-0.39, 0.29) is 12.0 Å². The van der Waals surface area contributed by atoms with Gasteiger partial charge in [-0.2, -0.15) is 5.26 Å². The first-order valence-corrected chi connectivity index (χ1v) is 4.65. The molecule has 0 aliphatic carbocycles. The molecule has 3 heteroatoms. The van der Waals surface area contributed by atoms with Gasteiger partial charge < -0.3 is 9.84 Å².